The maximum absolute atomic E-state index is 12.7. The Hall–Kier alpha value is -2.89. The number of anilines is 2. The number of hydrogen-bond donors (Lipinski definition) is 1. The van der Waals surface area contributed by atoms with Crippen LogP contribution in [0.2, 0.25) is 0 Å². The quantitative estimate of drug-likeness (QED) is 0.777. The van der Waals surface area contributed by atoms with Gasteiger partial charge >= 0.3 is 0 Å². The third-order valence-electron chi connectivity index (χ3n) is 4.20. The van der Waals surface area contributed by atoms with Gasteiger partial charge in [-0.15, -0.1) is 0 Å². The number of hydrogen-bond acceptors (Lipinski definition) is 5. The van der Waals surface area contributed by atoms with Gasteiger partial charge in [-0.05, 0) is 50.2 Å². The van der Waals surface area contributed by atoms with E-state index in [4.69, 9.17) is 14.2 Å². The van der Waals surface area contributed by atoms with Crippen LogP contribution in [0.5, 0.6) is 17.2 Å². The van der Waals surface area contributed by atoms with Gasteiger partial charge in [0, 0.05) is 24.5 Å². The minimum absolute atomic E-state index is 0.279. The average Bonchev–Trinajstić information content (AvgIpc) is 2.68. The first-order valence-corrected chi connectivity index (χ1v) is 8.54. The zero-order chi connectivity index (χ0) is 19.1. The Balaban J connectivity index is 2.25. The van der Waals surface area contributed by atoms with Crippen LogP contribution in [0.15, 0.2) is 36.4 Å². The second-order valence-corrected chi connectivity index (χ2v) is 5.56. The van der Waals surface area contributed by atoms with Crippen LogP contribution >= 0.6 is 0 Å². The highest BCUT2D eigenvalue weighted by atomic mass is 16.5. The second-order valence-electron chi connectivity index (χ2n) is 5.56. The van der Waals surface area contributed by atoms with E-state index in [1.54, 1.807) is 12.1 Å². The smallest absolute Gasteiger partial charge is 0.259 e. The Morgan fingerprint density at radius 1 is 0.885 bits per heavy atom. The largest absolute Gasteiger partial charge is 0.493 e. The summed E-state index contributed by atoms with van der Waals surface area (Å²) in [7, 11) is 4.54. The van der Waals surface area contributed by atoms with E-state index in [0.717, 1.165) is 18.8 Å². The molecule has 0 unspecified atom stereocenters. The molecule has 0 aliphatic heterocycles. The Labute approximate surface area is 154 Å². The molecule has 0 saturated carbocycles. The van der Waals surface area contributed by atoms with Gasteiger partial charge in [0.2, 0.25) is 5.75 Å². The molecule has 0 fully saturated rings. The molecule has 0 atom stereocenters. The van der Waals surface area contributed by atoms with E-state index in [-0.39, 0.29) is 5.91 Å². The molecule has 0 spiro atoms. The van der Waals surface area contributed by atoms with Gasteiger partial charge in [0.1, 0.15) is 0 Å². The molecule has 0 radical (unpaired) electrons. The van der Waals surface area contributed by atoms with Crippen molar-refractivity contribution in [2.45, 2.75) is 13.8 Å². The molecule has 0 aliphatic rings. The van der Waals surface area contributed by atoms with Crippen molar-refractivity contribution in [3.05, 3.63) is 42.0 Å². The zero-order valence-corrected chi connectivity index (χ0v) is 16.0. The number of nitrogens with one attached hydrogen (secondary N) is 1. The maximum Gasteiger partial charge on any atom is 0.259 e. The van der Waals surface area contributed by atoms with Gasteiger partial charge < -0.3 is 24.4 Å². The van der Waals surface area contributed by atoms with Crippen LogP contribution in [0.1, 0.15) is 24.2 Å². The molecule has 0 heterocycles. The van der Waals surface area contributed by atoms with Crippen LogP contribution in [-0.4, -0.2) is 40.3 Å². The zero-order valence-electron chi connectivity index (χ0n) is 16.0. The van der Waals surface area contributed by atoms with E-state index < -0.39 is 0 Å². The first-order valence-electron chi connectivity index (χ1n) is 8.54. The van der Waals surface area contributed by atoms with Crippen LogP contribution in [0, 0.1) is 0 Å². The fourth-order valence-corrected chi connectivity index (χ4v) is 2.82. The third kappa shape index (κ3) is 4.02. The summed E-state index contributed by atoms with van der Waals surface area (Å²) < 4.78 is 16.0. The van der Waals surface area contributed by atoms with Crippen molar-refractivity contribution in [3.8, 4) is 17.2 Å². The van der Waals surface area contributed by atoms with Gasteiger partial charge in [-0.25, -0.2) is 0 Å². The Morgan fingerprint density at radius 2 is 1.50 bits per heavy atom. The third-order valence-corrected chi connectivity index (χ3v) is 4.20. The highest BCUT2D eigenvalue weighted by Crippen LogP contribution is 2.39. The van der Waals surface area contributed by atoms with Gasteiger partial charge in [-0.3, -0.25) is 4.79 Å². The van der Waals surface area contributed by atoms with Crippen LogP contribution in [0.3, 0.4) is 0 Å². The number of carbonyl (C=O) groups excluding carboxylic acids is 1. The highest BCUT2D eigenvalue weighted by Gasteiger charge is 2.20. The van der Waals surface area contributed by atoms with Crippen LogP contribution in [-0.2, 0) is 0 Å². The molecule has 2 aromatic rings. The molecule has 6 heteroatoms. The van der Waals surface area contributed by atoms with Crippen LogP contribution in [0.25, 0.3) is 0 Å². The van der Waals surface area contributed by atoms with Crippen molar-refractivity contribution in [2.75, 3.05) is 44.6 Å². The monoisotopic (exact) mass is 358 g/mol. The van der Waals surface area contributed by atoms with E-state index in [2.05, 4.69) is 24.1 Å². The lowest BCUT2D eigenvalue weighted by Gasteiger charge is -2.21. The molecule has 140 valence electrons. The summed E-state index contributed by atoms with van der Waals surface area (Å²) in [5, 5.41) is 2.89. The predicted octanol–water partition coefficient (Wildman–Crippen LogP) is 3.81. The molecule has 0 aromatic heterocycles. The van der Waals surface area contributed by atoms with Crippen LogP contribution in [0.4, 0.5) is 11.4 Å². The topological polar surface area (TPSA) is 60.0 Å². The molecule has 1 amide bonds. The van der Waals surface area contributed by atoms with Crippen molar-refractivity contribution < 1.29 is 19.0 Å². The van der Waals surface area contributed by atoms with Gasteiger partial charge in [-0.1, -0.05) is 0 Å². The molecular formula is C20H26N2O4. The lowest BCUT2D eigenvalue weighted by molar-refractivity contribution is 0.102. The molecule has 26 heavy (non-hydrogen) atoms. The number of amides is 1. The van der Waals surface area contributed by atoms with Gasteiger partial charge in [0.05, 0.1) is 26.9 Å². The summed E-state index contributed by atoms with van der Waals surface area (Å²) in [5.41, 5.74) is 2.21. The Bertz CT molecular complexity index is 740. The molecule has 0 bridgehead atoms. The maximum atomic E-state index is 12.7. The summed E-state index contributed by atoms with van der Waals surface area (Å²) >= 11 is 0. The number of ether oxygens (including phenoxy) is 3. The number of carbonyl (C=O) groups is 1. The molecule has 2 aromatic carbocycles. The highest BCUT2D eigenvalue weighted by molar-refractivity contribution is 6.07. The molecule has 2 rings (SSSR count). The SMILES string of the molecule is CCN(CC)c1ccc(NC(=O)c2ccc(OC)c(OC)c2OC)cc1. The van der Waals surface area contributed by atoms with Gasteiger partial charge in [0.25, 0.3) is 5.91 Å². The summed E-state index contributed by atoms with van der Waals surface area (Å²) in [6.07, 6.45) is 0. The number of nitrogens with zero attached hydrogens (tertiary/aromatic N) is 1. The summed E-state index contributed by atoms with van der Waals surface area (Å²) in [4.78, 5) is 14.9. The number of methoxy groups -OCH3 is 3. The minimum Gasteiger partial charge on any atom is -0.493 e. The number of benzene rings is 2. The van der Waals surface area contributed by atoms with Gasteiger partial charge in [-0.2, -0.15) is 0 Å². The first kappa shape index (κ1) is 19.4. The Kier molecular flexibility index (Phi) is 6.72. The normalized spacial score (nSPS) is 10.2. The second kappa shape index (κ2) is 8.99. The van der Waals surface area contributed by atoms with Crippen molar-refractivity contribution in [3.63, 3.8) is 0 Å². The number of rotatable bonds is 8. The average molecular weight is 358 g/mol. The molecule has 1 N–H and O–H groups in total. The van der Waals surface area contributed by atoms with Crippen LogP contribution < -0.4 is 24.4 Å². The molecule has 6 nitrogen and oxygen atoms in total. The van der Waals surface area contributed by atoms with Crippen molar-refractivity contribution in [1.82, 2.24) is 0 Å². The predicted molar refractivity (Wildman–Crippen MR) is 104 cm³/mol. The molecule has 0 saturated heterocycles. The van der Waals surface area contributed by atoms with Crippen molar-refractivity contribution in [1.29, 1.82) is 0 Å². The van der Waals surface area contributed by atoms with E-state index >= 15 is 0 Å². The van der Waals surface area contributed by atoms with E-state index in [9.17, 15) is 4.79 Å². The van der Waals surface area contributed by atoms with E-state index in [1.165, 1.54) is 21.3 Å². The van der Waals surface area contributed by atoms with E-state index in [1.807, 2.05) is 24.3 Å². The van der Waals surface area contributed by atoms with Gasteiger partial charge in [0.15, 0.2) is 11.5 Å². The minimum atomic E-state index is -0.279. The van der Waals surface area contributed by atoms with E-state index in [0.29, 0.717) is 28.5 Å². The summed E-state index contributed by atoms with van der Waals surface area (Å²) in [6, 6.07) is 11.1. The van der Waals surface area contributed by atoms with Crippen molar-refractivity contribution >= 4 is 17.3 Å². The standard InChI is InChI=1S/C20H26N2O4/c1-6-22(7-2)15-10-8-14(9-11-15)21-20(23)16-12-13-17(24-3)19(26-5)18(16)25-4/h8-13H,6-7H2,1-5H3,(H,21,23). The fraction of sp³-hybridized carbons (Fsp3) is 0.350. The lowest BCUT2D eigenvalue weighted by Crippen LogP contribution is -2.21. The van der Waals surface area contributed by atoms with Crippen molar-refractivity contribution in [2.24, 2.45) is 0 Å². The fourth-order valence-electron chi connectivity index (χ4n) is 2.82. The summed E-state index contributed by atoms with van der Waals surface area (Å²) in [5.74, 6) is 0.950. The first-order chi connectivity index (χ1) is 12.6. The Morgan fingerprint density at radius 3 is 2.00 bits per heavy atom. The molecular weight excluding hydrogens is 332 g/mol. The summed E-state index contributed by atoms with van der Waals surface area (Å²) in [6.45, 7) is 6.10. The lowest BCUT2D eigenvalue weighted by atomic mass is 10.1. The molecule has 0 aliphatic carbocycles.